The number of aromatic nitrogens is 1. The summed E-state index contributed by atoms with van der Waals surface area (Å²) in [5.41, 5.74) is 1.53. The standard InChI is InChI=1S/C12H12N.3C4H9.Sn/c1-2-4-12-11(3-1)7-8-13(12)9-10-5-6-10;3*1-3-4-2;/h1-4,7,10H,5-6,9H2;3*1,3-4H2,2H3;. The summed E-state index contributed by atoms with van der Waals surface area (Å²) in [6.45, 7) is 8.45. The van der Waals surface area contributed by atoms with Gasteiger partial charge in [0.25, 0.3) is 0 Å². The summed E-state index contributed by atoms with van der Waals surface area (Å²) in [7, 11) is 0. The van der Waals surface area contributed by atoms with E-state index in [1.165, 1.54) is 68.8 Å². The fraction of sp³-hybridized carbons (Fsp3) is 0.667. The van der Waals surface area contributed by atoms with Gasteiger partial charge >= 0.3 is 166 Å². The second-order valence-electron chi connectivity index (χ2n) is 8.73. The van der Waals surface area contributed by atoms with Crippen LogP contribution < -0.4 is 3.71 Å². The SMILES string of the molecule is CCC[CH2][Sn]([CH2]CCC)([CH2]CCC)[c]1cc2ccccc2n1CC1CC1. The van der Waals surface area contributed by atoms with Gasteiger partial charge in [-0.25, -0.2) is 0 Å². The molecular formula is C24H39NSn. The molecule has 2 aromatic rings. The number of hydrogen-bond donors (Lipinski definition) is 0. The van der Waals surface area contributed by atoms with Crippen LogP contribution in [0.15, 0.2) is 30.3 Å². The van der Waals surface area contributed by atoms with Crippen molar-refractivity contribution >= 4 is 33.0 Å². The van der Waals surface area contributed by atoms with E-state index in [4.69, 9.17) is 0 Å². The van der Waals surface area contributed by atoms with E-state index >= 15 is 0 Å². The van der Waals surface area contributed by atoms with Crippen LogP contribution in [0.5, 0.6) is 0 Å². The van der Waals surface area contributed by atoms with Gasteiger partial charge in [-0.2, -0.15) is 0 Å². The Hall–Kier alpha value is -0.441. The summed E-state index contributed by atoms with van der Waals surface area (Å²) in [6.07, 6.45) is 11.3. The Balaban J connectivity index is 2.07. The molecule has 2 heteroatoms. The molecular weight excluding hydrogens is 421 g/mol. The molecule has 1 aliphatic carbocycles. The summed E-state index contributed by atoms with van der Waals surface area (Å²) < 4.78 is 9.44. The Bertz CT molecular complexity index is 661. The molecule has 1 fully saturated rings. The third kappa shape index (κ3) is 4.69. The van der Waals surface area contributed by atoms with E-state index in [9.17, 15) is 0 Å². The van der Waals surface area contributed by atoms with Crippen LogP contribution in [0.25, 0.3) is 10.9 Å². The molecule has 1 heterocycles. The molecule has 0 aliphatic heterocycles. The predicted octanol–water partition coefficient (Wildman–Crippen LogP) is 7.11. The zero-order chi connectivity index (χ0) is 18.4. The van der Waals surface area contributed by atoms with Crippen molar-refractivity contribution in [1.29, 1.82) is 0 Å². The van der Waals surface area contributed by atoms with E-state index in [0.29, 0.717) is 0 Å². The van der Waals surface area contributed by atoms with Crippen LogP contribution in [-0.2, 0) is 6.54 Å². The minimum absolute atomic E-state index is 0.956. The van der Waals surface area contributed by atoms with Crippen molar-refractivity contribution in [1.82, 2.24) is 4.57 Å². The third-order valence-electron chi connectivity index (χ3n) is 6.52. The van der Waals surface area contributed by atoms with Crippen LogP contribution in [0.2, 0.25) is 13.3 Å². The monoisotopic (exact) mass is 461 g/mol. The quantitative estimate of drug-likeness (QED) is 0.298. The van der Waals surface area contributed by atoms with Gasteiger partial charge in [0.1, 0.15) is 0 Å². The Morgan fingerprint density at radius 2 is 1.46 bits per heavy atom. The van der Waals surface area contributed by atoms with Gasteiger partial charge in [-0.15, -0.1) is 0 Å². The summed E-state index contributed by atoms with van der Waals surface area (Å²) in [6, 6.07) is 11.9. The molecule has 1 saturated carbocycles. The van der Waals surface area contributed by atoms with Crippen LogP contribution >= 0.6 is 0 Å². The zero-order valence-corrected chi connectivity index (χ0v) is 20.3. The molecule has 0 N–H and O–H groups in total. The van der Waals surface area contributed by atoms with E-state index in [2.05, 4.69) is 55.7 Å². The molecule has 0 radical (unpaired) electrons. The van der Waals surface area contributed by atoms with E-state index in [1.54, 1.807) is 13.3 Å². The molecule has 0 bridgehead atoms. The second-order valence-corrected chi connectivity index (χ2v) is 21.8. The van der Waals surface area contributed by atoms with Gasteiger partial charge < -0.3 is 0 Å². The third-order valence-corrected chi connectivity index (χ3v) is 22.0. The fourth-order valence-corrected chi connectivity index (χ4v) is 21.4. The zero-order valence-electron chi connectivity index (χ0n) is 17.4. The maximum absolute atomic E-state index is 2.84. The van der Waals surface area contributed by atoms with Crippen molar-refractivity contribution in [3.8, 4) is 0 Å². The topological polar surface area (TPSA) is 4.93 Å². The molecule has 1 aromatic carbocycles. The number of para-hydroxylation sites is 1. The van der Waals surface area contributed by atoms with Crippen molar-refractivity contribution < 1.29 is 0 Å². The van der Waals surface area contributed by atoms with E-state index in [-0.39, 0.29) is 0 Å². The molecule has 26 heavy (non-hydrogen) atoms. The summed E-state index contributed by atoms with van der Waals surface area (Å²) >= 11 is -2.37. The molecule has 3 rings (SSSR count). The first kappa shape index (κ1) is 20.3. The summed E-state index contributed by atoms with van der Waals surface area (Å²) in [5, 5.41) is 1.51. The van der Waals surface area contributed by atoms with Crippen molar-refractivity contribution in [3.63, 3.8) is 0 Å². The van der Waals surface area contributed by atoms with Crippen molar-refractivity contribution in [3.05, 3.63) is 30.3 Å². The van der Waals surface area contributed by atoms with Gasteiger partial charge in [0.05, 0.1) is 0 Å². The van der Waals surface area contributed by atoms with E-state index in [0.717, 1.165) is 5.92 Å². The van der Waals surface area contributed by atoms with Crippen molar-refractivity contribution in [2.45, 2.75) is 92.0 Å². The van der Waals surface area contributed by atoms with Crippen molar-refractivity contribution in [2.75, 3.05) is 0 Å². The summed E-state index contributed by atoms with van der Waals surface area (Å²) in [5.74, 6) is 0.956. The number of hydrogen-bond acceptors (Lipinski definition) is 0. The van der Waals surface area contributed by atoms with Gasteiger partial charge in [-0.05, 0) is 0 Å². The van der Waals surface area contributed by atoms with Gasteiger partial charge in [-0.3, -0.25) is 0 Å². The Morgan fingerprint density at radius 1 is 0.885 bits per heavy atom. The Labute approximate surface area is 165 Å². The normalized spacial score (nSPS) is 15.0. The van der Waals surface area contributed by atoms with Gasteiger partial charge in [-0.1, -0.05) is 0 Å². The van der Waals surface area contributed by atoms with Crippen molar-refractivity contribution in [2.24, 2.45) is 5.92 Å². The first-order chi connectivity index (χ1) is 12.7. The molecule has 0 atom stereocenters. The summed E-state index contributed by atoms with van der Waals surface area (Å²) in [4.78, 5) is 0. The van der Waals surface area contributed by atoms with Gasteiger partial charge in [0, 0.05) is 0 Å². The Morgan fingerprint density at radius 3 is 2.00 bits per heavy atom. The molecule has 0 amide bonds. The molecule has 144 valence electrons. The van der Waals surface area contributed by atoms with Crippen LogP contribution in [0.1, 0.15) is 72.1 Å². The van der Waals surface area contributed by atoms with Gasteiger partial charge in [0.15, 0.2) is 0 Å². The van der Waals surface area contributed by atoms with Crippen LogP contribution in [0.3, 0.4) is 0 Å². The van der Waals surface area contributed by atoms with Crippen LogP contribution in [-0.4, -0.2) is 22.9 Å². The number of fused-ring (bicyclic) bond motifs is 1. The average molecular weight is 460 g/mol. The minimum atomic E-state index is -2.37. The first-order valence-corrected chi connectivity index (χ1v) is 18.8. The number of nitrogens with zero attached hydrogens (tertiary/aromatic N) is 1. The number of rotatable bonds is 12. The Kier molecular flexibility index (Phi) is 7.54. The van der Waals surface area contributed by atoms with Crippen LogP contribution in [0, 0.1) is 5.92 Å². The number of unbranched alkanes of at least 4 members (excludes halogenated alkanes) is 3. The second kappa shape index (κ2) is 9.66. The molecule has 1 nitrogen and oxygen atoms in total. The number of benzene rings is 1. The molecule has 0 saturated heterocycles. The maximum atomic E-state index is 2.84. The molecule has 0 unspecified atom stereocenters. The van der Waals surface area contributed by atoms with E-state index in [1.807, 2.05) is 3.71 Å². The molecule has 1 aromatic heterocycles. The first-order valence-electron chi connectivity index (χ1n) is 11.3. The van der Waals surface area contributed by atoms with Gasteiger partial charge in [0.2, 0.25) is 0 Å². The fourth-order valence-electron chi connectivity index (χ4n) is 4.71. The molecule has 1 aliphatic rings. The average Bonchev–Trinajstić information content (AvgIpc) is 3.42. The van der Waals surface area contributed by atoms with E-state index < -0.39 is 18.4 Å². The van der Waals surface area contributed by atoms with Crippen LogP contribution in [0.4, 0.5) is 0 Å². The molecule has 0 spiro atoms. The predicted molar refractivity (Wildman–Crippen MR) is 119 cm³/mol.